The summed E-state index contributed by atoms with van der Waals surface area (Å²) >= 11 is 0. The molecule has 1 aliphatic heterocycles. The quantitative estimate of drug-likeness (QED) is 0.372. The van der Waals surface area contributed by atoms with Gasteiger partial charge >= 0.3 is 0 Å². The van der Waals surface area contributed by atoms with E-state index in [0.717, 1.165) is 19.0 Å². The van der Waals surface area contributed by atoms with Crippen LogP contribution in [0.3, 0.4) is 0 Å². The van der Waals surface area contributed by atoms with Crippen molar-refractivity contribution in [2.24, 2.45) is 11.8 Å². The zero-order valence-corrected chi connectivity index (χ0v) is 8.25. The second kappa shape index (κ2) is 5.19. The van der Waals surface area contributed by atoms with Crippen LogP contribution in [-0.4, -0.2) is 30.4 Å². The van der Waals surface area contributed by atoms with Crippen LogP contribution >= 0.6 is 0 Å². The third-order valence-electron chi connectivity index (χ3n) is 2.71. The minimum Gasteiger partial charge on any atom is -0.294 e. The maximum absolute atomic E-state index is 11.0. The fourth-order valence-electron chi connectivity index (χ4n) is 1.88. The molecule has 1 atom stereocenters. The molecular weight excluding hydrogens is 166 g/mol. The lowest BCUT2D eigenvalue weighted by atomic mass is 9.96. The molecule has 1 heterocycles. The van der Waals surface area contributed by atoms with Crippen molar-refractivity contribution in [1.29, 1.82) is 0 Å². The number of likely N-dealkylation sites (tertiary alicyclic amines) is 1. The number of piperidine rings is 1. The van der Waals surface area contributed by atoms with Crippen molar-refractivity contribution in [1.82, 2.24) is 10.3 Å². The van der Waals surface area contributed by atoms with Crippen molar-refractivity contribution in [2.45, 2.75) is 26.2 Å². The van der Waals surface area contributed by atoms with Gasteiger partial charge in [0.05, 0.1) is 6.54 Å². The highest BCUT2D eigenvalue weighted by atomic mass is 16.2. The van der Waals surface area contributed by atoms with Gasteiger partial charge in [-0.05, 0) is 25.3 Å². The van der Waals surface area contributed by atoms with Gasteiger partial charge in [0.2, 0.25) is 5.91 Å². The van der Waals surface area contributed by atoms with Gasteiger partial charge in [-0.2, -0.15) is 0 Å². The molecule has 1 unspecified atom stereocenters. The van der Waals surface area contributed by atoms with E-state index in [2.05, 4.69) is 17.2 Å². The smallest absolute Gasteiger partial charge is 0.248 e. The molecule has 0 aromatic rings. The number of rotatable bonds is 3. The van der Waals surface area contributed by atoms with E-state index in [1.54, 1.807) is 0 Å². The van der Waals surface area contributed by atoms with E-state index in [-0.39, 0.29) is 5.91 Å². The molecule has 0 aliphatic carbocycles. The first-order valence-electron chi connectivity index (χ1n) is 4.98. The van der Waals surface area contributed by atoms with Crippen molar-refractivity contribution in [3.05, 3.63) is 0 Å². The normalized spacial score (nSPS) is 24.3. The fraction of sp³-hybridized carbons (Fsp3) is 0.889. The Morgan fingerprint density at radius 3 is 3.08 bits per heavy atom. The van der Waals surface area contributed by atoms with E-state index in [1.165, 1.54) is 19.3 Å². The summed E-state index contributed by atoms with van der Waals surface area (Å²) in [5, 5.41) is 0. The molecule has 4 nitrogen and oxygen atoms in total. The van der Waals surface area contributed by atoms with Crippen LogP contribution in [0.25, 0.3) is 0 Å². The highest BCUT2D eigenvalue weighted by Crippen LogP contribution is 2.18. The molecule has 1 fully saturated rings. The molecule has 0 bridgehead atoms. The first-order valence-corrected chi connectivity index (χ1v) is 4.98. The third-order valence-corrected chi connectivity index (χ3v) is 2.71. The van der Waals surface area contributed by atoms with Gasteiger partial charge in [0, 0.05) is 6.54 Å². The second-order valence-electron chi connectivity index (χ2n) is 3.72. The van der Waals surface area contributed by atoms with Gasteiger partial charge in [-0.1, -0.05) is 13.3 Å². The Kier molecular flexibility index (Phi) is 4.18. The zero-order valence-electron chi connectivity index (χ0n) is 8.25. The number of hydrogen-bond acceptors (Lipinski definition) is 3. The van der Waals surface area contributed by atoms with Crippen LogP contribution in [0.5, 0.6) is 0 Å². The van der Waals surface area contributed by atoms with E-state index >= 15 is 0 Å². The Balaban J connectivity index is 2.29. The van der Waals surface area contributed by atoms with Crippen LogP contribution < -0.4 is 11.3 Å². The van der Waals surface area contributed by atoms with Crippen LogP contribution in [-0.2, 0) is 4.79 Å². The largest absolute Gasteiger partial charge is 0.294 e. The summed E-state index contributed by atoms with van der Waals surface area (Å²) in [6.07, 6.45) is 3.72. The molecule has 0 saturated carbocycles. The summed E-state index contributed by atoms with van der Waals surface area (Å²) in [5.41, 5.74) is 2.16. The van der Waals surface area contributed by atoms with Gasteiger partial charge in [0.25, 0.3) is 0 Å². The van der Waals surface area contributed by atoms with Crippen LogP contribution in [0, 0.1) is 5.92 Å². The standard InChI is InChI=1S/C9H19N3O/c1-2-8-4-3-5-12(6-8)7-9(13)11-10/h8H,2-7,10H2,1H3,(H,11,13). The Bertz CT molecular complexity index is 172. The van der Waals surface area contributed by atoms with E-state index in [0.29, 0.717) is 6.54 Å². The molecule has 1 saturated heterocycles. The van der Waals surface area contributed by atoms with E-state index in [1.807, 2.05) is 0 Å². The molecular formula is C9H19N3O. The van der Waals surface area contributed by atoms with Crippen molar-refractivity contribution >= 4 is 5.91 Å². The van der Waals surface area contributed by atoms with E-state index in [9.17, 15) is 4.79 Å². The van der Waals surface area contributed by atoms with E-state index < -0.39 is 0 Å². The highest BCUT2D eigenvalue weighted by molar-refractivity contribution is 5.77. The van der Waals surface area contributed by atoms with Crippen molar-refractivity contribution in [2.75, 3.05) is 19.6 Å². The molecule has 0 spiro atoms. The lowest BCUT2D eigenvalue weighted by Crippen LogP contribution is -2.44. The summed E-state index contributed by atoms with van der Waals surface area (Å²) in [6, 6.07) is 0. The van der Waals surface area contributed by atoms with Gasteiger partial charge in [0.15, 0.2) is 0 Å². The number of nitrogens with two attached hydrogens (primary N) is 1. The molecule has 13 heavy (non-hydrogen) atoms. The summed E-state index contributed by atoms with van der Waals surface area (Å²) in [5.74, 6) is 5.71. The number of nitrogens with zero attached hydrogens (tertiary/aromatic N) is 1. The highest BCUT2D eigenvalue weighted by Gasteiger charge is 2.19. The number of hydrazine groups is 1. The minimum absolute atomic E-state index is 0.0863. The number of nitrogens with one attached hydrogen (secondary N) is 1. The maximum Gasteiger partial charge on any atom is 0.248 e. The molecule has 1 amide bonds. The molecule has 3 N–H and O–H groups in total. The molecule has 0 aromatic heterocycles. The first kappa shape index (κ1) is 10.5. The van der Waals surface area contributed by atoms with Crippen molar-refractivity contribution in [3.63, 3.8) is 0 Å². The van der Waals surface area contributed by atoms with Crippen LogP contribution in [0.4, 0.5) is 0 Å². The predicted molar refractivity (Wildman–Crippen MR) is 51.8 cm³/mol. The van der Waals surface area contributed by atoms with Gasteiger partial charge in [0.1, 0.15) is 0 Å². The van der Waals surface area contributed by atoms with E-state index in [4.69, 9.17) is 5.84 Å². The summed E-state index contributed by atoms with van der Waals surface area (Å²) in [4.78, 5) is 13.2. The SMILES string of the molecule is CCC1CCCN(CC(=O)NN)C1. The topological polar surface area (TPSA) is 58.4 Å². The van der Waals surface area contributed by atoms with Crippen molar-refractivity contribution in [3.8, 4) is 0 Å². The molecule has 1 aliphatic rings. The minimum atomic E-state index is -0.0863. The number of carbonyl (C=O) groups is 1. The maximum atomic E-state index is 11.0. The van der Waals surface area contributed by atoms with Gasteiger partial charge in [-0.25, -0.2) is 5.84 Å². The van der Waals surface area contributed by atoms with Crippen LogP contribution in [0.15, 0.2) is 0 Å². The van der Waals surface area contributed by atoms with Gasteiger partial charge in [-0.3, -0.25) is 15.1 Å². The predicted octanol–water partition coefficient (Wildman–Crippen LogP) is 0.0983. The Morgan fingerprint density at radius 1 is 1.69 bits per heavy atom. The van der Waals surface area contributed by atoms with Gasteiger partial charge < -0.3 is 0 Å². The third kappa shape index (κ3) is 3.32. The number of carbonyl (C=O) groups excluding carboxylic acids is 1. The summed E-state index contributed by atoms with van der Waals surface area (Å²) in [7, 11) is 0. The fourth-order valence-corrected chi connectivity index (χ4v) is 1.88. The molecule has 1 rings (SSSR count). The molecule has 76 valence electrons. The lowest BCUT2D eigenvalue weighted by molar-refractivity contribution is -0.122. The second-order valence-corrected chi connectivity index (χ2v) is 3.72. The Morgan fingerprint density at radius 2 is 2.46 bits per heavy atom. The number of amides is 1. The van der Waals surface area contributed by atoms with Crippen LogP contribution in [0.1, 0.15) is 26.2 Å². The molecule has 4 heteroatoms. The van der Waals surface area contributed by atoms with Crippen molar-refractivity contribution < 1.29 is 4.79 Å². The molecule has 0 aromatic carbocycles. The first-order chi connectivity index (χ1) is 6.26. The monoisotopic (exact) mass is 185 g/mol. The number of hydrogen-bond donors (Lipinski definition) is 2. The average Bonchev–Trinajstić information content (AvgIpc) is 2.18. The molecule has 0 radical (unpaired) electrons. The van der Waals surface area contributed by atoms with Crippen LogP contribution in [0.2, 0.25) is 0 Å². The summed E-state index contributed by atoms with van der Waals surface area (Å²) in [6.45, 7) is 4.73. The Labute approximate surface area is 79.4 Å². The van der Waals surface area contributed by atoms with Gasteiger partial charge in [-0.15, -0.1) is 0 Å². The zero-order chi connectivity index (χ0) is 9.68. The Hall–Kier alpha value is -0.610. The average molecular weight is 185 g/mol. The lowest BCUT2D eigenvalue weighted by Gasteiger charge is -2.31. The summed E-state index contributed by atoms with van der Waals surface area (Å²) < 4.78 is 0.